The summed E-state index contributed by atoms with van der Waals surface area (Å²) in [6.07, 6.45) is 0.664. The molecular formula is C11H16N4O3. The molecule has 1 saturated heterocycles. The number of carbonyl (C=O) groups excluding carboxylic acids is 2. The minimum Gasteiger partial charge on any atom is -0.464 e. The van der Waals surface area contributed by atoms with Crippen molar-refractivity contribution >= 4 is 17.7 Å². The van der Waals surface area contributed by atoms with Crippen molar-refractivity contribution in [3.63, 3.8) is 0 Å². The van der Waals surface area contributed by atoms with Gasteiger partial charge in [0.1, 0.15) is 17.7 Å². The number of hydrogen-bond acceptors (Lipinski definition) is 5. The number of ether oxygens (including phenoxy) is 1. The quantitative estimate of drug-likeness (QED) is 0.746. The van der Waals surface area contributed by atoms with Crippen LogP contribution in [0.5, 0.6) is 0 Å². The molecule has 18 heavy (non-hydrogen) atoms. The highest BCUT2D eigenvalue weighted by molar-refractivity contribution is 5.93. The number of nitrogens with zero attached hydrogens (tertiary/aromatic N) is 3. The van der Waals surface area contributed by atoms with Gasteiger partial charge in [0, 0.05) is 13.6 Å². The molecule has 1 atom stereocenters. The van der Waals surface area contributed by atoms with Crippen LogP contribution in [-0.4, -0.2) is 47.0 Å². The van der Waals surface area contributed by atoms with Crippen molar-refractivity contribution in [2.24, 2.45) is 0 Å². The lowest BCUT2D eigenvalue weighted by molar-refractivity contribution is -0.129. The van der Waals surface area contributed by atoms with Crippen LogP contribution in [-0.2, 0) is 9.53 Å². The number of carbonyl (C=O) groups is 2. The van der Waals surface area contributed by atoms with Crippen molar-refractivity contribution < 1.29 is 14.3 Å². The number of likely N-dealkylation sites (tertiary alicyclic amines) is 1. The predicted molar refractivity (Wildman–Crippen MR) is 64.0 cm³/mol. The number of methoxy groups -OCH3 is 1. The third-order valence-corrected chi connectivity index (χ3v) is 3.21. The number of esters is 1. The molecule has 1 aromatic heterocycles. The van der Waals surface area contributed by atoms with E-state index in [4.69, 9.17) is 5.73 Å². The van der Waals surface area contributed by atoms with Gasteiger partial charge in [-0.05, 0) is 13.3 Å². The lowest BCUT2D eigenvalue weighted by Gasteiger charge is -2.14. The second-order valence-corrected chi connectivity index (χ2v) is 4.32. The third-order valence-electron chi connectivity index (χ3n) is 3.21. The van der Waals surface area contributed by atoms with Crippen molar-refractivity contribution in [1.82, 2.24) is 14.5 Å². The minimum absolute atomic E-state index is 0.0152. The van der Waals surface area contributed by atoms with Crippen molar-refractivity contribution in [3.05, 3.63) is 11.5 Å². The molecule has 2 rings (SSSR count). The molecular weight excluding hydrogens is 236 g/mol. The fourth-order valence-electron chi connectivity index (χ4n) is 2.25. The zero-order valence-corrected chi connectivity index (χ0v) is 10.6. The molecule has 0 saturated carbocycles. The van der Waals surface area contributed by atoms with Crippen LogP contribution >= 0.6 is 0 Å². The smallest absolute Gasteiger partial charge is 0.360 e. The largest absolute Gasteiger partial charge is 0.464 e. The molecule has 7 nitrogen and oxygen atoms in total. The van der Waals surface area contributed by atoms with Crippen LogP contribution in [0.3, 0.4) is 0 Å². The van der Waals surface area contributed by atoms with Gasteiger partial charge < -0.3 is 19.9 Å². The van der Waals surface area contributed by atoms with E-state index < -0.39 is 5.97 Å². The lowest BCUT2D eigenvalue weighted by atomic mass is 10.2. The van der Waals surface area contributed by atoms with Gasteiger partial charge in [-0.2, -0.15) is 0 Å². The van der Waals surface area contributed by atoms with E-state index in [-0.39, 0.29) is 23.5 Å². The van der Waals surface area contributed by atoms with Gasteiger partial charge in [0.05, 0.1) is 7.11 Å². The normalized spacial score (nSPS) is 19.4. The third kappa shape index (κ3) is 1.71. The summed E-state index contributed by atoms with van der Waals surface area (Å²) in [4.78, 5) is 29.2. The van der Waals surface area contributed by atoms with Gasteiger partial charge >= 0.3 is 5.97 Å². The number of hydrogen-bond donors (Lipinski definition) is 1. The number of aromatic nitrogens is 2. The SMILES string of the molecule is COC(=O)c1nc(C)n(C2CCN(C)C2=O)c1N. The first kappa shape index (κ1) is 12.4. The van der Waals surface area contributed by atoms with Crippen LogP contribution < -0.4 is 5.73 Å². The molecule has 98 valence electrons. The zero-order valence-electron chi connectivity index (χ0n) is 10.6. The summed E-state index contributed by atoms with van der Waals surface area (Å²) in [5.41, 5.74) is 5.96. The Labute approximate surface area is 105 Å². The van der Waals surface area contributed by atoms with Gasteiger partial charge in [-0.3, -0.25) is 4.79 Å². The topological polar surface area (TPSA) is 90.5 Å². The molecule has 7 heteroatoms. The van der Waals surface area contributed by atoms with Crippen LogP contribution in [0.1, 0.15) is 28.8 Å². The average molecular weight is 252 g/mol. The standard InChI is InChI=1S/C11H16N4O3/c1-6-13-8(11(17)18-3)9(12)15(6)7-4-5-14(2)10(7)16/h7H,4-5,12H2,1-3H3. The molecule has 1 amide bonds. The summed E-state index contributed by atoms with van der Waals surface area (Å²) in [6, 6.07) is -0.374. The van der Waals surface area contributed by atoms with E-state index in [1.54, 1.807) is 23.4 Å². The average Bonchev–Trinajstić information content (AvgIpc) is 2.81. The van der Waals surface area contributed by atoms with Crippen molar-refractivity contribution in [3.8, 4) is 0 Å². The van der Waals surface area contributed by atoms with Crippen LogP contribution in [0, 0.1) is 6.92 Å². The van der Waals surface area contributed by atoms with Crippen LogP contribution in [0.4, 0.5) is 5.82 Å². The fraction of sp³-hybridized carbons (Fsp3) is 0.545. The number of anilines is 1. The first-order chi connectivity index (χ1) is 8.47. The Hall–Kier alpha value is -2.05. The molecule has 1 unspecified atom stereocenters. The Bertz CT molecular complexity index is 509. The van der Waals surface area contributed by atoms with Gasteiger partial charge in [-0.15, -0.1) is 0 Å². The van der Waals surface area contributed by atoms with Gasteiger partial charge in [-0.25, -0.2) is 9.78 Å². The molecule has 1 aliphatic heterocycles. The van der Waals surface area contributed by atoms with E-state index in [9.17, 15) is 9.59 Å². The Balaban J connectivity index is 2.43. The Morgan fingerprint density at radius 2 is 2.22 bits per heavy atom. The molecule has 0 radical (unpaired) electrons. The number of imidazole rings is 1. The number of amides is 1. The number of aryl methyl sites for hydroxylation is 1. The van der Waals surface area contributed by atoms with Crippen molar-refractivity contribution in [1.29, 1.82) is 0 Å². The van der Waals surface area contributed by atoms with Crippen LogP contribution in [0.15, 0.2) is 0 Å². The summed E-state index contributed by atoms with van der Waals surface area (Å²) < 4.78 is 6.22. The summed E-state index contributed by atoms with van der Waals surface area (Å²) in [6.45, 7) is 2.39. The van der Waals surface area contributed by atoms with E-state index >= 15 is 0 Å². The summed E-state index contributed by atoms with van der Waals surface area (Å²) in [5, 5.41) is 0. The number of rotatable bonds is 2. The first-order valence-corrected chi connectivity index (χ1v) is 5.65. The lowest BCUT2D eigenvalue weighted by Crippen LogP contribution is -2.25. The predicted octanol–water partition coefficient (Wildman–Crippen LogP) is -0.0365. The van der Waals surface area contributed by atoms with Crippen molar-refractivity contribution in [2.75, 3.05) is 26.4 Å². The summed E-state index contributed by atoms with van der Waals surface area (Å²) in [7, 11) is 3.01. The molecule has 0 aromatic carbocycles. The number of nitrogen functional groups attached to an aromatic ring is 1. The Morgan fingerprint density at radius 3 is 2.72 bits per heavy atom. The highest BCUT2D eigenvalue weighted by Crippen LogP contribution is 2.28. The molecule has 1 aliphatic rings. The Kier molecular flexibility index (Phi) is 2.98. The van der Waals surface area contributed by atoms with E-state index in [1.165, 1.54) is 7.11 Å². The highest BCUT2D eigenvalue weighted by atomic mass is 16.5. The number of nitrogens with two attached hydrogens (primary N) is 1. The van der Waals surface area contributed by atoms with Gasteiger partial charge in [0.2, 0.25) is 5.91 Å². The maximum absolute atomic E-state index is 12.0. The van der Waals surface area contributed by atoms with E-state index in [2.05, 4.69) is 9.72 Å². The molecule has 0 aliphatic carbocycles. The summed E-state index contributed by atoms with van der Waals surface area (Å²) >= 11 is 0. The monoisotopic (exact) mass is 252 g/mol. The highest BCUT2D eigenvalue weighted by Gasteiger charge is 2.34. The Morgan fingerprint density at radius 1 is 1.56 bits per heavy atom. The maximum atomic E-state index is 12.0. The number of likely N-dealkylation sites (N-methyl/N-ethyl adjacent to an activating group) is 1. The molecule has 1 aromatic rings. The first-order valence-electron chi connectivity index (χ1n) is 5.65. The molecule has 0 bridgehead atoms. The summed E-state index contributed by atoms with van der Waals surface area (Å²) in [5.74, 6) is 0.126. The zero-order chi connectivity index (χ0) is 13.4. The minimum atomic E-state index is -0.590. The van der Waals surface area contributed by atoms with Crippen LogP contribution in [0.25, 0.3) is 0 Å². The van der Waals surface area contributed by atoms with E-state index in [0.29, 0.717) is 18.8 Å². The van der Waals surface area contributed by atoms with Gasteiger partial charge in [-0.1, -0.05) is 0 Å². The van der Waals surface area contributed by atoms with Gasteiger partial charge in [0.15, 0.2) is 5.69 Å². The second kappa shape index (κ2) is 4.32. The maximum Gasteiger partial charge on any atom is 0.360 e. The molecule has 2 heterocycles. The van der Waals surface area contributed by atoms with Crippen LogP contribution in [0.2, 0.25) is 0 Å². The van der Waals surface area contributed by atoms with E-state index in [0.717, 1.165) is 0 Å². The van der Waals surface area contributed by atoms with Gasteiger partial charge in [0.25, 0.3) is 0 Å². The molecule has 0 spiro atoms. The second-order valence-electron chi connectivity index (χ2n) is 4.32. The molecule has 2 N–H and O–H groups in total. The van der Waals surface area contributed by atoms with E-state index in [1.807, 2.05) is 0 Å². The molecule has 1 fully saturated rings. The van der Waals surface area contributed by atoms with Crippen molar-refractivity contribution in [2.45, 2.75) is 19.4 Å². The fourth-order valence-corrected chi connectivity index (χ4v) is 2.25.